The molecule has 108 valence electrons. The van der Waals surface area contributed by atoms with Crippen LogP contribution in [0.1, 0.15) is 72.1 Å². The van der Waals surface area contributed by atoms with E-state index in [9.17, 15) is 20.1 Å². The van der Waals surface area contributed by atoms with E-state index in [2.05, 4.69) is 0 Å². The Balaban J connectivity index is 4.67. The molecule has 0 saturated carbocycles. The van der Waals surface area contributed by atoms with Gasteiger partial charge in [-0.15, -0.1) is 0 Å². The van der Waals surface area contributed by atoms with Crippen LogP contribution in [0.25, 0.3) is 0 Å². The summed E-state index contributed by atoms with van der Waals surface area (Å²) in [5.41, 5.74) is -3.60. The molecular weight excluding hydrogens is 232 g/mol. The average Bonchev–Trinajstić information content (AvgIpc) is 2.28. The Kier molecular flexibility index (Phi) is 7.48. The van der Waals surface area contributed by atoms with Crippen molar-refractivity contribution in [3.8, 4) is 0 Å². The summed E-state index contributed by atoms with van der Waals surface area (Å²) in [5.74, 6) is -1.32. The summed E-state index contributed by atoms with van der Waals surface area (Å²) >= 11 is 0. The molecule has 0 aromatic heterocycles. The van der Waals surface area contributed by atoms with Crippen LogP contribution in [0.15, 0.2) is 0 Å². The topological polar surface area (TPSA) is 77.8 Å². The largest absolute Gasteiger partial charge is 0.479 e. The summed E-state index contributed by atoms with van der Waals surface area (Å²) in [6, 6.07) is 0. The molecule has 2 unspecified atom stereocenters. The average molecular weight is 260 g/mol. The Morgan fingerprint density at radius 3 is 1.78 bits per heavy atom. The first-order valence-corrected chi connectivity index (χ1v) is 7.00. The molecule has 0 aliphatic rings. The van der Waals surface area contributed by atoms with E-state index >= 15 is 0 Å². The zero-order valence-electron chi connectivity index (χ0n) is 11.9. The lowest BCUT2D eigenvalue weighted by Gasteiger charge is -2.38. The van der Waals surface area contributed by atoms with Crippen molar-refractivity contribution in [3.63, 3.8) is 0 Å². The quantitative estimate of drug-likeness (QED) is 0.528. The van der Waals surface area contributed by atoms with Crippen molar-refractivity contribution in [2.75, 3.05) is 0 Å². The number of carboxylic acids is 1. The Bertz CT molecular complexity index is 250. The lowest BCUT2D eigenvalue weighted by Crippen LogP contribution is -2.57. The molecule has 2 atom stereocenters. The van der Waals surface area contributed by atoms with Crippen LogP contribution in [0, 0.1) is 0 Å². The standard InChI is InChI=1S/C14H28O4/c1-4-6-8-10-13(3,17)14(18,12(15)16)11-9-7-5-2/h17-18H,4-11H2,1-3H3,(H,15,16). The molecule has 0 radical (unpaired) electrons. The van der Waals surface area contributed by atoms with E-state index in [1.807, 2.05) is 13.8 Å². The van der Waals surface area contributed by atoms with Gasteiger partial charge in [0.2, 0.25) is 0 Å². The fourth-order valence-electron chi connectivity index (χ4n) is 2.16. The number of rotatable bonds is 10. The molecule has 0 rings (SSSR count). The molecule has 3 N–H and O–H groups in total. The zero-order chi connectivity index (χ0) is 14.2. The molecule has 0 amide bonds. The lowest BCUT2D eigenvalue weighted by molar-refractivity contribution is -0.193. The Hall–Kier alpha value is -0.610. The van der Waals surface area contributed by atoms with Crippen molar-refractivity contribution in [2.45, 2.75) is 83.3 Å². The van der Waals surface area contributed by atoms with E-state index in [0.717, 1.165) is 32.1 Å². The van der Waals surface area contributed by atoms with Gasteiger partial charge < -0.3 is 15.3 Å². The Morgan fingerprint density at radius 2 is 1.39 bits per heavy atom. The molecule has 0 bridgehead atoms. The van der Waals surface area contributed by atoms with Gasteiger partial charge in [-0.25, -0.2) is 4.79 Å². The summed E-state index contributed by atoms with van der Waals surface area (Å²) in [6.45, 7) is 5.49. The molecule has 0 aliphatic carbocycles. The highest BCUT2D eigenvalue weighted by Gasteiger charge is 2.51. The molecule has 18 heavy (non-hydrogen) atoms. The summed E-state index contributed by atoms with van der Waals surface area (Å²) in [7, 11) is 0. The highest BCUT2D eigenvalue weighted by molar-refractivity contribution is 5.78. The van der Waals surface area contributed by atoms with Crippen molar-refractivity contribution in [1.29, 1.82) is 0 Å². The van der Waals surface area contributed by atoms with Crippen LogP contribution in [0.3, 0.4) is 0 Å². The highest BCUT2D eigenvalue weighted by atomic mass is 16.4. The van der Waals surface area contributed by atoms with Gasteiger partial charge in [-0.3, -0.25) is 0 Å². The van der Waals surface area contributed by atoms with E-state index in [0.29, 0.717) is 12.8 Å². The fraction of sp³-hybridized carbons (Fsp3) is 0.929. The Labute approximate surface area is 110 Å². The van der Waals surface area contributed by atoms with Gasteiger partial charge in [0.05, 0.1) is 0 Å². The first-order valence-electron chi connectivity index (χ1n) is 7.00. The molecule has 0 aliphatic heterocycles. The van der Waals surface area contributed by atoms with Crippen LogP contribution in [-0.2, 0) is 4.79 Å². The number of unbranched alkanes of at least 4 members (excludes halogenated alkanes) is 4. The van der Waals surface area contributed by atoms with Crippen LogP contribution in [0.4, 0.5) is 0 Å². The number of hydrogen-bond acceptors (Lipinski definition) is 3. The first kappa shape index (κ1) is 17.4. The molecule has 0 spiro atoms. The predicted molar refractivity (Wildman–Crippen MR) is 71.5 cm³/mol. The third-order valence-corrected chi connectivity index (χ3v) is 3.65. The number of carbonyl (C=O) groups is 1. The number of aliphatic carboxylic acids is 1. The van der Waals surface area contributed by atoms with E-state index in [4.69, 9.17) is 0 Å². The minimum Gasteiger partial charge on any atom is -0.479 e. The van der Waals surface area contributed by atoms with Gasteiger partial charge in [0, 0.05) is 0 Å². The second-order valence-corrected chi connectivity index (χ2v) is 5.35. The SMILES string of the molecule is CCCCCC(C)(O)C(O)(CCCCC)C(=O)O. The third kappa shape index (κ3) is 4.58. The van der Waals surface area contributed by atoms with Gasteiger partial charge in [-0.1, -0.05) is 46.0 Å². The van der Waals surface area contributed by atoms with Gasteiger partial charge in [0.25, 0.3) is 0 Å². The van der Waals surface area contributed by atoms with Gasteiger partial charge in [0.15, 0.2) is 5.60 Å². The summed E-state index contributed by atoms with van der Waals surface area (Å²) < 4.78 is 0. The number of hydrogen-bond donors (Lipinski definition) is 3. The van der Waals surface area contributed by atoms with Gasteiger partial charge in [-0.05, 0) is 26.2 Å². The maximum Gasteiger partial charge on any atom is 0.338 e. The molecule has 0 heterocycles. The van der Waals surface area contributed by atoms with Crippen molar-refractivity contribution in [2.24, 2.45) is 0 Å². The van der Waals surface area contributed by atoms with Crippen molar-refractivity contribution >= 4 is 5.97 Å². The molecule has 4 nitrogen and oxygen atoms in total. The maximum atomic E-state index is 11.3. The highest BCUT2D eigenvalue weighted by Crippen LogP contribution is 2.32. The smallest absolute Gasteiger partial charge is 0.338 e. The predicted octanol–water partition coefficient (Wildman–Crippen LogP) is 2.71. The lowest BCUT2D eigenvalue weighted by atomic mass is 9.77. The normalized spacial score (nSPS) is 18.1. The second-order valence-electron chi connectivity index (χ2n) is 5.35. The molecule has 0 aromatic rings. The van der Waals surface area contributed by atoms with Gasteiger partial charge >= 0.3 is 5.97 Å². The van der Waals surface area contributed by atoms with Crippen LogP contribution in [-0.4, -0.2) is 32.5 Å². The van der Waals surface area contributed by atoms with Crippen molar-refractivity contribution in [3.05, 3.63) is 0 Å². The van der Waals surface area contributed by atoms with Crippen LogP contribution in [0.2, 0.25) is 0 Å². The third-order valence-electron chi connectivity index (χ3n) is 3.65. The van der Waals surface area contributed by atoms with Crippen LogP contribution < -0.4 is 0 Å². The number of aliphatic hydroxyl groups is 2. The van der Waals surface area contributed by atoms with Crippen molar-refractivity contribution in [1.82, 2.24) is 0 Å². The summed E-state index contributed by atoms with van der Waals surface area (Å²) in [6.07, 6.45) is 5.51. The number of carboxylic acid groups (broad SMARTS) is 1. The fourth-order valence-corrected chi connectivity index (χ4v) is 2.16. The molecular formula is C14H28O4. The van der Waals surface area contributed by atoms with E-state index < -0.39 is 17.2 Å². The zero-order valence-corrected chi connectivity index (χ0v) is 11.9. The molecule has 0 fully saturated rings. The summed E-state index contributed by atoms with van der Waals surface area (Å²) in [5, 5.41) is 29.8. The summed E-state index contributed by atoms with van der Waals surface area (Å²) in [4.78, 5) is 11.3. The molecule has 4 heteroatoms. The second kappa shape index (κ2) is 7.74. The monoisotopic (exact) mass is 260 g/mol. The van der Waals surface area contributed by atoms with E-state index in [1.54, 1.807) is 0 Å². The minimum atomic E-state index is -2.03. The first-order chi connectivity index (χ1) is 8.31. The molecule has 0 aromatic carbocycles. The van der Waals surface area contributed by atoms with Gasteiger partial charge in [-0.2, -0.15) is 0 Å². The van der Waals surface area contributed by atoms with Gasteiger partial charge in [0.1, 0.15) is 5.60 Å². The maximum absolute atomic E-state index is 11.3. The van der Waals surface area contributed by atoms with Crippen LogP contribution in [0.5, 0.6) is 0 Å². The van der Waals surface area contributed by atoms with Crippen molar-refractivity contribution < 1.29 is 20.1 Å². The van der Waals surface area contributed by atoms with E-state index in [1.165, 1.54) is 6.92 Å². The minimum absolute atomic E-state index is 0.106. The van der Waals surface area contributed by atoms with Crippen LogP contribution >= 0.6 is 0 Å². The Morgan fingerprint density at radius 1 is 0.944 bits per heavy atom. The molecule has 0 saturated heterocycles. The van der Waals surface area contributed by atoms with E-state index in [-0.39, 0.29) is 6.42 Å².